The normalized spacial score (nSPS) is 10.3. The molecule has 2 aromatic carbocycles. The van der Waals surface area contributed by atoms with Crippen molar-refractivity contribution in [2.75, 3.05) is 0 Å². The van der Waals surface area contributed by atoms with Crippen molar-refractivity contribution in [3.8, 4) is 5.75 Å². The lowest BCUT2D eigenvalue weighted by Crippen LogP contribution is -2.04. The van der Waals surface area contributed by atoms with Crippen LogP contribution in [0, 0.1) is 6.92 Å². The van der Waals surface area contributed by atoms with Gasteiger partial charge in [0, 0.05) is 5.02 Å². The van der Waals surface area contributed by atoms with E-state index in [2.05, 4.69) is 0 Å². The number of carbonyl (C=O) groups is 1. The summed E-state index contributed by atoms with van der Waals surface area (Å²) in [7, 11) is 0. The molecular formula is C15H12Cl2O3. The molecule has 0 atom stereocenters. The third kappa shape index (κ3) is 3.44. The van der Waals surface area contributed by atoms with Crippen molar-refractivity contribution in [2.24, 2.45) is 0 Å². The number of rotatable bonds is 4. The van der Waals surface area contributed by atoms with Gasteiger partial charge in [-0.1, -0.05) is 53.0 Å². The summed E-state index contributed by atoms with van der Waals surface area (Å²) in [6.07, 6.45) is 0. The number of aromatic carboxylic acids is 1. The van der Waals surface area contributed by atoms with E-state index >= 15 is 0 Å². The molecule has 0 spiro atoms. The Kier molecular flexibility index (Phi) is 4.53. The van der Waals surface area contributed by atoms with Crippen molar-refractivity contribution in [1.82, 2.24) is 0 Å². The van der Waals surface area contributed by atoms with Crippen molar-refractivity contribution in [3.63, 3.8) is 0 Å². The van der Waals surface area contributed by atoms with Gasteiger partial charge in [0.2, 0.25) is 0 Å². The van der Waals surface area contributed by atoms with E-state index in [1.165, 1.54) is 12.1 Å². The van der Waals surface area contributed by atoms with Gasteiger partial charge >= 0.3 is 5.97 Å². The lowest BCUT2D eigenvalue weighted by atomic mass is 10.1. The van der Waals surface area contributed by atoms with Crippen LogP contribution in [0.3, 0.4) is 0 Å². The Labute approximate surface area is 126 Å². The number of benzene rings is 2. The molecule has 20 heavy (non-hydrogen) atoms. The molecule has 0 fully saturated rings. The highest BCUT2D eigenvalue weighted by Gasteiger charge is 2.16. The first-order valence-electron chi connectivity index (χ1n) is 5.88. The topological polar surface area (TPSA) is 46.5 Å². The maximum absolute atomic E-state index is 11.2. The van der Waals surface area contributed by atoms with Crippen LogP contribution in [0.2, 0.25) is 10.0 Å². The van der Waals surface area contributed by atoms with Crippen LogP contribution in [0.1, 0.15) is 21.5 Å². The quantitative estimate of drug-likeness (QED) is 0.899. The summed E-state index contributed by atoms with van der Waals surface area (Å²) in [5.41, 5.74) is 2.03. The first kappa shape index (κ1) is 14.7. The average Bonchev–Trinajstić information content (AvgIpc) is 2.38. The molecule has 0 radical (unpaired) electrons. The van der Waals surface area contributed by atoms with Gasteiger partial charge in [0.25, 0.3) is 0 Å². The van der Waals surface area contributed by atoms with Crippen LogP contribution in [0.25, 0.3) is 0 Å². The molecule has 0 aliphatic heterocycles. The van der Waals surface area contributed by atoms with Crippen molar-refractivity contribution in [1.29, 1.82) is 0 Å². The fraction of sp³-hybridized carbons (Fsp3) is 0.133. The van der Waals surface area contributed by atoms with Crippen molar-refractivity contribution in [2.45, 2.75) is 13.5 Å². The lowest BCUT2D eigenvalue weighted by molar-refractivity contribution is 0.0691. The molecule has 0 heterocycles. The third-order valence-corrected chi connectivity index (χ3v) is 3.24. The molecule has 0 saturated carbocycles. The molecule has 0 unspecified atom stereocenters. The van der Waals surface area contributed by atoms with E-state index in [1.807, 2.05) is 31.2 Å². The van der Waals surface area contributed by atoms with Gasteiger partial charge in [-0.2, -0.15) is 0 Å². The van der Waals surface area contributed by atoms with E-state index in [4.69, 9.17) is 33.0 Å². The molecular weight excluding hydrogens is 299 g/mol. The summed E-state index contributed by atoms with van der Waals surface area (Å²) in [6, 6.07) is 10.5. The van der Waals surface area contributed by atoms with Crippen LogP contribution in [0.5, 0.6) is 5.75 Å². The molecule has 0 aromatic heterocycles. The number of carboxylic acid groups (broad SMARTS) is 1. The molecule has 0 bridgehead atoms. The largest absolute Gasteiger partial charge is 0.486 e. The lowest BCUT2D eigenvalue weighted by Gasteiger charge is -2.11. The smallest absolute Gasteiger partial charge is 0.339 e. The van der Waals surface area contributed by atoms with E-state index < -0.39 is 5.97 Å². The summed E-state index contributed by atoms with van der Waals surface area (Å²) < 4.78 is 5.54. The zero-order chi connectivity index (χ0) is 14.7. The fourth-order valence-corrected chi connectivity index (χ4v) is 2.25. The van der Waals surface area contributed by atoms with E-state index in [-0.39, 0.29) is 28.0 Å². The second kappa shape index (κ2) is 6.16. The second-order valence-electron chi connectivity index (χ2n) is 4.34. The average molecular weight is 311 g/mol. The minimum atomic E-state index is -1.13. The Morgan fingerprint density at radius 2 is 1.85 bits per heavy atom. The summed E-state index contributed by atoms with van der Waals surface area (Å²) >= 11 is 11.8. The fourth-order valence-electron chi connectivity index (χ4n) is 1.71. The molecule has 0 aliphatic carbocycles. The molecule has 0 saturated heterocycles. The highest BCUT2D eigenvalue weighted by molar-refractivity contribution is 6.36. The summed E-state index contributed by atoms with van der Waals surface area (Å²) in [4.78, 5) is 11.2. The van der Waals surface area contributed by atoms with E-state index in [9.17, 15) is 4.79 Å². The first-order chi connectivity index (χ1) is 9.47. The number of halogens is 2. The summed E-state index contributed by atoms with van der Waals surface area (Å²) in [5.74, 6) is -1.00. The minimum absolute atomic E-state index is 0.0467. The number of aryl methyl sites for hydroxylation is 1. The molecule has 2 aromatic rings. The molecule has 2 rings (SSSR count). The predicted octanol–water partition coefficient (Wildman–Crippen LogP) is 4.58. The maximum Gasteiger partial charge on any atom is 0.339 e. The van der Waals surface area contributed by atoms with Gasteiger partial charge in [-0.05, 0) is 24.6 Å². The number of hydrogen-bond donors (Lipinski definition) is 1. The Balaban J connectivity index is 2.24. The molecule has 5 heteroatoms. The molecule has 0 amide bonds. The van der Waals surface area contributed by atoms with Gasteiger partial charge in [0.1, 0.15) is 12.2 Å². The van der Waals surface area contributed by atoms with Gasteiger partial charge in [-0.25, -0.2) is 4.79 Å². The van der Waals surface area contributed by atoms with Gasteiger partial charge in [-0.3, -0.25) is 0 Å². The van der Waals surface area contributed by atoms with Gasteiger partial charge in [0.05, 0.1) is 5.02 Å². The highest BCUT2D eigenvalue weighted by atomic mass is 35.5. The Bertz CT molecular complexity index is 636. The minimum Gasteiger partial charge on any atom is -0.486 e. The molecule has 3 nitrogen and oxygen atoms in total. The number of ether oxygens (including phenoxy) is 1. The van der Waals surface area contributed by atoms with Gasteiger partial charge in [0.15, 0.2) is 5.75 Å². The Morgan fingerprint density at radius 1 is 1.20 bits per heavy atom. The predicted molar refractivity (Wildman–Crippen MR) is 78.9 cm³/mol. The zero-order valence-corrected chi connectivity index (χ0v) is 12.2. The van der Waals surface area contributed by atoms with Crippen LogP contribution >= 0.6 is 23.2 Å². The van der Waals surface area contributed by atoms with E-state index in [0.717, 1.165) is 11.1 Å². The van der Waals surface area contributed by atoms with Crippen LogP contribution < -0.4 is 4.74 Å². The SMILES string of the molecule is Cc1ccc(COc2c(Cl)cc(Cl)cc2C(=O)O)cc1. The monoisotopic (exact) mass is 310 g/mol. The molecule has 104 valence electrons. The second-order valence-corrected chi connectivity index (χ2v) is 5.19. The maximum atomic E-state index is 11.2. The van der Waals surface area contributed by atoms with Crippen LogP contribution in [0.4, 0.5) is 0 Å². The Morgan fingerprint density at radius 3 is 2.45 bits per heavy atom. The van der Waals surface area contributed by atoms with Crippen molar-refractivity contribution >= 4 is 29.2 Å². The van der Waals surface area contributed by atoms with E-state index in [1.54, 1.807) is 0 Å². The number of hydrogen-bond acceptors (Lipinski definition) is 2. The van der Waals surface area contributed by atoms with Crippen LogP contribution in [-0.4, -0.2) is 11.1 Å². The first-order valence-corrected chi connectivity index (χ1v) is 6.63. The van der Waals surface area contributed by atoms with Crippen LogP contribution in [0.15, 0.2) is 36.4 Å². The molecule has 1 N–H and O–H groups in total. The van der Waals surface area contributed by atoms with Gasteiger partial charge in [-0.15, -0.1) is 0 Å². The molecule has 0 aliphatic rings. The van der Waals surface area contributed by atoms with Crippen molar-refractivity contribution < 1.29 is 14.6 Å². The number of carboxylic acids is 1. The third-order valence-electron chi connectivity index (χ3n) is 2.74. The van der Waals surface area contributed by atoms with Crippen LogP contribution in [-0.2, 0) is 6.61 Å². The Hall–Kier alpha value is -1.71. The summed E-state index contributed by atoms with van der Waals surface area (Å²) in [5, 5.41) is 9.59. The summed E-state index contributed by atoms with van der Waals surface area (Å²) in [6.45, 7) is 2.23. The van der Waals surface area contributed by atoms with Crippen molar-refractivity contribution in [3.05, 3.63) is 63.1 Å². The highest BCUT2D eigenvalue weighted by Crippen LogP contribution is 2.33. The standard InChI is InChI=1S/C15H12Cl2O3/c1-9-2-4-10(5-3-9)8-20-14-12(15(18)19)6-11(16)7-13(14)17/h2-7H,8H2,1H3,(H,18,19). The van der Waals surface area contributed by atoms with Gasteiger partial charge < -0.3 is 9.84 Å². The van der Waals surface area contributed by atoms with E-state index in [0.29, 0.717) is 0 Å². The zero-order valence-electron chi connectivity index (χ0n) is 10.7.